The lowest BCUT2D eigenvalue weighted by atomic mass is 9.90. The standard InChI is InChI=1S/C39H27N3/c1-2-7-19-29(18-6-1)34-26-32(28-16-8-3-9-17-28)27-35(30-20-10-4-11-21-30)38(34)42-39-40-36-25-15-14-24-33(36)37(41-39)31-22-12-5-13-23-31/h1,3-6,8-18,20-27H,2H2,(H,40,41,42). The average molecular weight is 538 g/mol. The second-order valence-corrected chi connectivity index (χ2v) is 10.1. The van der Waals surface area contributed by atoms with Crippen LogP contribution in [0.3, 0.4) is 0 Å². The summed E-state index contributed by atoms with van der Waals surface area (Å²) >= 11 is 0. The van der Waals surface area contributed by atoms with Crippen molar-refractivity contribution in [2.24, 2.45) is 0 Å². The molecule has 0 saturated heterocycles. The molecule has 0 spiro atoms. The summed E-state index contributed by atoms with van der Waals surface area (Å²) in [4.78, 5) is 10.1. The third-order valence-corrected chi connectivity index (χ3v) is 7.35. The van der Waals surface area contributed by atoms with Gasteiger partial charge in [0.15, 0.2) is 0 Å². The van der Waals surface area contributed by atoms with Crippen LogP contribution in [0.4, 0.5) is 11.6 Å². The number of para-hydroxylation sites is 1. The lowest BCUT2D eigenvalue weighted by molar-refractivity contribution is 1.21. The van der Waals surface area contributed by atoms with Crippen LogP contribution >= 0.6 is 0 Å². The second kappa shape index (κ2) is 11.4. The van der Waals surface area contributed by atoms with E-state index >= 15 is 0 Å². The minimum atomic E-state index is 0.538. The van der Waals surface area contributed by atoms with Gasteiger partial charge in [0.05, 0.1) is 16.9 Å². The summed E-state index contributed by atoms with van der Waals surface area (Å²) in [5.74, 6) is 7.25. The number of hydrogen-bond donors (Lipinski definition) is 1. The fourth-order valence-corrected chi connectivity index (χ4v) is 5.33. The molecule has 1 N–H and O–H groups in total. The van der Waals surface area contributed by atoms with E-state index in [2.05, 4.69) is 114 Å². The molecule has 42 heavy (non-hydrogen) atoms. The Morgan fingerprint density at radius 1 is 0.595 bits per heavy atom. The maximum absolute atomic E-state index is 5.09. The lowest BCUT2D eigenvalue weighted by Gasteiger charge is -2.20. The second-order valence-electron chi connectivity index (χ2n) is 10.1. The number of hydrogen-bond acceptors (Lipinski definition) is 3. The van der Waals surface area contributed by atoms with Crippen molar-refractivity contribution >= 4 is 28.1 Å². The topological polar surface area (TPSA) is 37.8 Å². The van der Waals surface area contributed by atoms with Crippen LogP contribution in [0.25, 0.3) is 50.0 Å². The zero-order valence-corrected chi connectivity index (χ0v) is 23.0. The summed E-state index contributed by atoms with van der Waals surface area (Å²) < 4.78 is 0. The van der Waals surface area contributed by atoms with E-state index in [0.717, 1.165) is 67.7 Å². The number of benzene rings is 5. The van der Waals surface area contributed by atoms with Gasteiger partial charge in [-0.15, -0.1) is 0 Å². The first-order valence-corrected chi connectivity index (χ1v) is 14.1. The van der Waals surface area contributed by atoms with Crippen molar-refractivity contribution in [3.05, 3.63) is 151 Å². The number of aromatic nitrogens is 2. The highest BCUT2D eigenvalue weighted by Crippen LogP contribution is 2.41. The predicted octanol–water partition coefficient (Wildman–Crippen LogP) is 9.72. The van der Waals surface area contributed by atoms with Crippen molar-refractivity contribution in [3.63, 3.8) is 0 Å². The van der Waals surface area contributed by atoms with Crippen LogP contribution in [-0.2, 0) is 0 Å². The van der Waals surface area contributed by atoms with Crippen LogP contribution < -0.4 is 5.32 Å². The predicted molar refractivity (Wildman–Crippen MR) is 175 cm³/mol. The average Bonchev–Trinajstić information content (AvgIpc) is 3.35. The van der Waals surface area contributed by atoms with Gasteiger partial charge in [-0.1, -0.05) is 133 Å². The zero-order valence-electron chi connectivity index (χ0n) is 23.0. The van der Waals surface area contributed by atoms with Crippen LogP contribution in [-0.4, -0.2) is 9.97 Å². The zero-order chi connectivity index (χ0) is 28.1. The quantitative estimate of drug-likeness (QED) is 0.215. The van der Waals surface area contributed by atoms with E-state index in [1.807, 2.05) is 48.5 Å². The first kappa shape index (κ1) is 25.3. The van der Waals surface area contributed by atoms with Crippen LogP contribution in [0.5, 0.6) is 0 Å². The number of allylic oxidation sites excluding steroid dienone is 4. The maximum Gasteiger partial charge on any atom is 0.228 e. The summed E-state index contributed by atoms with van der Waals surface area (Å²) in [5.41, 5.74) is 10.1. The molecule has 5 aromatic carbocycles. The molecule has 1 aliphatic rings. The molecule has 0 amide bonds. The Morgan fingerprint density at radius 3 is 2.00 bits per heavy atom. The smallest absolute Gasteiger partial charge is 0.228 e. The Labute approximate surface area is 245 Å². The highest BCUT2D eigenvalue weighted by molar-refractivity contribution is 5.98. The van der Waals surface area contributed by atoms with Gasteiger partial charge in [-0.25, -0.2) is 9.97 Å². The fraction of sp³-hybridized carbons (Fsp3) is 0.0256. The molecule has 3 nitrogen and oxygen atoms in total. The molecule has 0 aliphatic heterocycles. The van der Waals surface area contributed by atoms with E-state index in [1.54, 1.807) is 0 Å². The van der Waals surface area contributed by atoms with E-state index in [4.69, 9.17) is 9.97 Å². The third-order valence-electron chi connectivity index (χ3n) is 7.35. The van der Waals surface area contributed by atoms with Gasteiger partial charge in [0.1, 0.15) is 0 Å². The monoisotopic (exact) mass is 537 g/mol. The van der Waals surface area contributed by atoms with Gasteiger partial charge in [0, 0.05) is 34.1 Å². The van der Waals surface area contributed by atoms with E-state index in [1.165, 1.54) is 0 Å². The Kier molecular flexibility index (Phi) is 6.86. The SMILES string of the molecule is C1#CC(c2cc(-c3ccccc3)cc(-c3ccccc3)c2Nc2nc(-c3ccccc3)c3ccccc3n2)=CC=CC1. The minimum absolute atomic E-state index is 0.538. The van der Waals surface area contributed by atoms with Crippen molar-refractivity contribution < 1.29 is 0 Å². The maximum atomic E-state index is 5.09. The van der Waals surface area contributed by atoms with Crippen LogP contribution in [0.2, 0.25) is 0 Å². The van der Waals surface area contributed by atoms with Gasteiger partial charge in [-0.05, 0) is 41.0 Å². The molecule has 0 fully saturated rings. The molecule has 6 aromatic rings. The summed E-state index contributed by atoms with van der Waals surface area (Å²) in [6, 6.07) is 43.9. The van der Waals surface area contributed by atoms with Gasteiger partial charge in [0.2, 0.25) is 5.95 Å². The Balaban J connectivity index is 1.48. The summed E-state index contributed by atoms with van der Waals surface area (Å²) in [6.07, 6.45) is 6.98. The lowest BCUT2D eigenvalue weighted by Crippen LogP contribution is -2.04. The van der Waals surface area contributed by atoms with Crippen molar-refractivity contribution in [2.75, 3.05) is 5.32 Å². The van der Waals surface area contributed by atoms with Crippen molar-refractivity contribution in [1.82, 2.24) is 9.97 Å². The number of rotatable bonds is 6. The first-order chi connectivity index (χ1) is 20.8. The molecule has 0 unspecified atom stereocenters. The molecule has 1 heterocycles. The highest BCUT2D eigenvalue weighted by Gasteiger charge is 2.19. The number of fused-ring (bicyclic) bond motifs is 1. The van der Waals surface area contributed by atoms with Gasteiger partial charge >= 0.3 is 0 Å². The molecule has 0 atom stereocenters. The molecule has 3 heteroatoms. The van der Waals surface area contributed by atoms with Crippen molar-refractivity contribution in [2.45, 2.75) is 6.42 Å². The molecular formula is C39H27N3. The molecule has 7 rings (SSSR count). The highest BCUT2D eigenvalue weighted by atomic mass is 15.1. The van der Waals surface area contributed by atoms with Gasteiger partial charge in [-0.3, -0.25) is 0 Å². The van der Waals surface area contributed by atoms with Gasteiger partial charge in [0.25, 0.3) is 0 Å². The molecule has 0 radical (unpaired) electrons. The summed E-state index contributed by atoms with van der Waals surface area (Å²) in [7, 11) is 0. The third kappa shape index (κ3) is 5.10. The Bertz CT molecular complexity index is 2010. The van der Waals surface area contributed by atoms with E-state index in [-0.39, 0.29) is 0 Å². The Morgan fingerprint density at radius 2 is 1.24 bits per heavy atom. The fourth-order valence-electron chi connectivity index (χ4n) is 5.33. The van der Waals surface area contributed by atoms with Gasteiger partial charge in [-0.2, -0.15) is 0 Å². The van der Waals surface area contributed by atoms with Crippen LogP contribution in [0.15, 0.2) is 146 Å². The first-order valence-electron chi connectivity index (χ1n) is 14.1. The normalized spacial score (nSPS) is 12.2. The van der Waals surface area contributed by atoms with Crippen LogP contribution in [0.1, 0.15) is 12.0 Å². The minimum Gasteiger partial charge on any atom is -0.323 e. The molecule has 1 aliphatic carbocycles. The van der Waals surface area contributed by atoms with Crippen molar-refractivity contribution in [3.8, 4) is 45.4 Å². The van der Waals surface area contributed by atoms with Crippen molar-refractivity contribution in [1.29, 1.82) is 0 Å². The van der Waals surface area contributed by atoms with Crippen LogP contribution in [0, 0.1) is 11.8 Å². The summed E-state index contributed by atoms with van der Waals surface area (Å²) in [6.45, 7) is 0. The largest absolute Gasteiger partial charge is 0.323 e. The summed E-state index contributed by atoms with van der Waals surface area (Å²) in [5, 5.41) is 4.70. The number of nitrogens with one attached hydrogen (secondary N) is 1. The van der Waals surface area contributed by atoms with E-state index < -0.39 is 0 Å². The van der Waals surface area contributed by atoms with E-state index in [0.29, 0.717) is 5.95 Å². The molecule has 198 valence electrons. The molecule has 1 aromatic heterocycles. The number of anilines is 2. The number of nitrogens with zero attached hydrogens (tertiary/aromatic N) is 2. The molecule has 0 bridgehead atoms. The van der Waals surface area contributed by atoms with E-state index in [9.17, 15) is 0 Å². The molecule has 0 saturated carbocycles. The molecular weight excluding hydrogens is 510 g/mol. The van der Waals surface area contributed by atoms with Gasteiger partial charge < -0.3 is 5.32 Å². The Hall–Kier alpha value is -5.72.